The Balaban J connectivity index is 1.35. The fourth-order valence-electron chi connectivity index (χ4n) is 4.28. The first-order valence-corrected chi connectivity index (χ1v) is 13.6. The minimum atomic E-state index is -0.795. The maximum absolute atomic E-state index is 13.8. The monoisotopic (exact) mass is 586 g/mol. The predicted octanol–water partition coefficient (Wildman–Crippen LogP) is 4.10. The summed E-state index contributed by atoms with van der Waals surface area (Å²) in [6, 6.07) is 14.0. The number of benzene rings is 2. The van der Waals surface area contributed by atoms with E-state index in [9.17, 15) is 18.8 Å². The number of rotatable bonds is 10. The number of nitrogens with zero attached hydrogens (tertiary/aromatic N) is 3. The van der Waals surface area contributed by atoms with Crippen molar-refractivity contribution in [2.45, 2.75) is 25.4 Å². The SMILES string of the molecule is CN(C(=O)NCc1cccc(F)c1Cl)[C@@H](CCC(=O)N1CCNCC1)COC(=O)Nc1cc(-c2ccccc2)on1. The summed E-state index contributed by atoms with van der Waals surface area (Å²) in [4.78, 5) is 41.4. The molecule has 4 amide bonds. The predicted molar refractivity (Wildman–Crippen MR) is 151 cm³/mol. The number of piperazine rings is 1. The van der Waals surface area contributed by atoms with Gasteiger partial charge in [-0.25, -0.2) is 14.0 Å². The zero-order chi connectivity index (χ0) is 29.2. The summed E-state index contributed by atoms with van der Waals surface area (Å²) < 4.78 is 24.5. The van der Waals surface area contributed by atoms with E-state index < -0.39 is 24.0 Å². The first-order valence-electron chi connectivity index (χ1n) is 13.2. The van der Waals surface area contributed by atoms with E-state index in [1.807, 2.05) is 30.3 Å². The van der Waals surface area contributed by atoms with Gasteiger partial charge in [0.25, 0.3) is 0 Å². The first-order chi connectivity index (χ1) is 19.8. The number of ether oxygens (including phenoxy) is 1. The van der Waals surface area contributed by atoms with Crippen molar-refractivity contribution in [2.75, 3.05) is 45.2 Å². The number of likely N-dealkylation sites (N-methyl/N-ethyl adjacent to an activating group) is 1. The van der Waals surface area contributed by atoms with Crippen LogP contribution in [0.2, 0.25) is 5.02 Å². The average molecular weight is 587 g/mol. The van der Waals surface area contributed by atoms with Crippen molar-refractivity contribution >= 4 is 35.5 Å². The Labute approximate surface area is 241 Å². The maximum Gasteiger partial charge on any atom is 0.412 e. The lowest BCUT2D eigenvalue weighted by Gasteiger charge is -2.30. The van der Waals surface area contributed by atoms with Crippen molar-refractivity contribution in [2.24, 2.45) is 0 Å². The Morgan fingerprint density at radius 2 is 1.93 bits per heavy atom. The fourth-order valence-corrected chi connectivity index (χ4v) is 4.48. The normalized spacial score (nSPS) is 13.8. The molecule has 2 heterocycles. The van der Waals surface area contributed by atoms with E-state index in [0.29, 0.717) is 24.4 Å². The molecule has 1 saturated heterocycles. The molecule has 3 N–H and O–H groups in total. The molecular weight excluding hydrogens is 555 g/mol. The number of aromatic nitrogens is 1. The van der Waals surface area contributed by atoms with Crippen LogP contribution in [0.4, 0.5) is 19.8 Å². The van der Waals surface area contributed by atoms with Crippen molar-refractivity contribution < 1.29 is 28.0 Å². The van der Waals surface area contributed by atoms with Crippen LogP contribution in [-0.4, -0.2) is 78.9 Å². The molecule has 0 unspecified atom stereocenters. The first kappa shape index (κ1) is 29.8. The Kier molecular flexibility index (Phi) is 10.5. The lowest BCUT2D eigenvalue weighted by molar-refractivity contribution is -0.132. The van der Waals surface area contributed by atoms with Gasteiger partial charge in [0.1, 0.15) is 12.4 Å². The van der Waals surface area contributed by atoms with Gasteiger partial charge in [-0.3, -0.25) is 10.1 Å². The minimum absolute atomic E-state index is 0.0105. The van der Waals surface area contributed by atoms with Crippen LogP contribution in [0, 0.1) is 5.82 Å². The van der Waals surface area contributed by atoms with E-state index in [2.05, 4.69) is 21.1 Å². The van der Waals surface area contributed by atoms with Gasteiger partial charge in [-0.15, -0.1) is 0 Å². The Bertz CT molecular complexity index is 1330. The molecule has 218 valence electrons. The summed E-state index contributed by atoms with van der Waals surface area (Å²) in [6.07, 6.45) is -0.383. The van der Waals surface area contributed by atoms with Gasteiger partial charge in [0.05, 0.1) is 11.1 Å². The highest BCUT2D eigenvalue weighted by atomic mass is 35.5. The van der Waals surface area contributed by atoms with Crippen LogP contribution in [-0.2, 0) is 16.1 Å². The number of halogens is 2. The minimum Gasteiger partial charge on any atom is -0.447 e. The van der Waals surface area contributed by atoms with Crippen LogP contribution >= 0.6 is 11.6 Å². The van der Waals surface area contributed by atoms with Crippen molar-refractivity contribution in [3.8, 4) is 11.3 Å². The molecule has 0 saturated carbocycles. The number of anilines is 1. The molecule has 3 aromatic rings. The Hall–Kier alpha value is -4.16. The summed E-state index contributed by atoms with van der Waals surface area (Å²) in [5.41, 5.74) is 1.21. The number of hydrogen-bond acceptors (Lipinski definition) is 7. The zero-order valence-corrected chi connectivity index (χ0v) is 23.3. The van der Waals surface area contributed by atoms with Crippen LogP contribution in [0.1, 0.15) is 18.4 Å². The molecule has 13 heteroatoms. The molecule has 4 rings (SSSR count). The summed E-state index contributed by atoms with van der Waals surface area (Å²) in [5, 5.41) is 12.2. The summed E-state index contributed by atoms with van der Waals surface area (Å²) in [5.74, 6) is 0.00758. The number of carbonyl (C=O) groups excluding carboxylic acids is 3. The molecule has 0 spiro atoms. The number of carbonyl (C=O) groups is 3. The molecule has 1 aliphatic heterocycles. The van der Waals surface area contributed by atoms with E-state index in [-0.39, 0.29) is 42.7 Å². The standard InChI is InChI=1S/C28H32ClFN6O5/c1-35(27(38)32-17-20-8-5-9-22(30)26(20)29)21(10-11-25(37)36-14-12-31-13-15-36)18-40-28(39)33-24-16-23(41-34-24)19-6-3-2-4-7-19/h2-9,16,21,31H,10-15,17-18H2,1H3,(H,32,38)(H,33,34,39)/t21-/m0/s1. The second-order valence-corrected chi connectivity index (χ2v) is 9.85. The van der Waals surface area contributed by atoms with Crippen LogP contribution in [0.3, 0.4) is 0 Å². The molecule has 11 nitrogen and oxygen atoms in total. The van der Waals surface area contributed by atoms with Gasteiger partial charge < -0.3 is 29.7 Å². The van der Waals surface area contributed by atoms with E-state index in [0.717, 1.165) is 18.7 Å². The average Bonchev–Trinajstić information content (AvgIpc) is 3.46. The second-order valence-electron chi connectivity index (χ2n) is 9.47. The molecule has 41 heavy (non-hydrogen) atoms. The molecule has 1 aromatic heterocycles. The van der Waals surface area contributed by atoms with E-state index >= 15 is 0 Å². The summed E-state index contributed by atoms with van der Waals surface area (Å²) in [7, 11) is 1.54. The summed E-state index contributed by atoms with van der Waals surface area (Å²) in [6.45, 7) is 2.46. The third-order valence-electron chi connectivity index (χ3n) is 6.70. The van der Waals surface area contributed by atoms with Gasteiger partial charge in [-0.2, -0.15) is 0 Å². The van der Waals surface area contributed by atoms with Crippen LogP contribution in [0.5, 0.6) is 0 Å². The molecular formula is C28H32ClFN6O5. The highest BCUT2D eigenvalue weighted by Crippen LogP contribution is 2.22. The van der Waals surface area contributed by atoms with E-state index in [1.165, 1.54) is 24.1 Å². The number of urea groups is 1. The second kappa shape index (κ2) is 14.5. The highest BCUT2D eigenvalue weighted by molar-refractivity contribution is 6.31. The van der Waals surface area contributed by atoms with Gasteiger partial charge in [0, 0.05) is 57.8 Å². The van der Waals surface area contributed by atoms with Gasteiger partial charge in [-0.1, -0.05) is 59.2 Å². The molecule has 1 fully saturated rings. The van der Waals surface area contributed by atoms with Crippen molar-refractivity contribution in [3.05, 3.63) is 71.0 Å². The molecule has 2 aromatic carbocycles. The van der Waals surface area contributed by atoms with Crippen molar-refractivity contribution in [1.29, 1.82) is 0 Å². The van der Waals surface area contributed by atoms with Gasteiger partial charge in [0.2, 0.25) is 5.91 Å². The van der Waals surface area contributed by atoms with Gasteiger partial charge in [-0.05, 0) is 18.1 Å². The smallest absolute Gasteiger partial charge is 0.412 e. The lowest BCUT2D eigenvalue weighted by atomic mass is 10.1. The zero-order valence-electron chi connectivity index (χ0n) is 22.6. The van der Waals surface area contributed by atoms with E-state index in [1.54, 1.807) is 17.0 Å². The van der Waals surface area contributed by atoms with Crippen LogP contribution in [0.15, 0.2) is 59.1 Å². The molecule has 1 atom stereocenters. The molecule has 0 radical (unpaired) electrons. The number of nitrogens with one attached hydrogen (secondary N) is 3. The lowest BCUT2D eigenvalue weighted by Crippen LogP contribution is -2.48. The topological polar surface area (TPSA) is 129 Å². The van der Waals surface area contributed by atoms with Crippen molar-refractivity contribution in [3.63, 3.8) is 0 Å². The Morgan fingerprint density at radius 1 is 1.17 bits per heavy atom. The largest absolute Gasteiger partial charge is 0.447 e. The summed E-state index contributed by atoms with van der Waals surface area (Å²) >= 11 is 6.00. The molecule has 1 aliphatic rings. The number of amides is 4. The number of hydrogen-bond donors (Lipinski definition) is 3. The van der Waals surface area contributed by atoms with Gasteiger partial charge >= 0.3 is 12.1 Å². The quantitative estimate of drug-likeness (QED) is 0.326. The highest BCUT2D eigenvalue weighted by Gasteiger charge is 2.25. The Morgan fingerprint density at radius 3 is 2.68 bits per heavy atom. The van der Waals surface area contributed by atoms with Crippen LogP contribution in [0.25, 0.3) is 11.3 Å². The third-order valence-corrected chi connectivity index (χ3v) is 7.12. The van der Waals surface area contributed by atoms with Crippen LogP contribution < -0.4 is 16.0 Å². The third kappa shape index (κ3) is 8.41. The van der Waals surface area contributed by atoms with E-state index in [4.69, 9.17) is 20.9 Å². The fraction of sp³-hybridized carbons (Fsp3) is 0.357. The molecule has 0 bridgehead atoms. The maximum atomic E-state index is 13.8. The van der Waals surface area contributed by atoms with Crippen molar-refractivity contribution in [1.82, 2.24) is 25.6 Å². The van der Waals surface area contributed by atoms with Gasteiger partial charge in [0.15, 0.2) is 11.6 Å². The molecule has 0 aliphatic carbocycles.